The fraction of sp³-hybridized carbons (Fsp3) is 0.0526. The highest BCUT2D eigenvalue weighted by atomic mass is 35.5. The third-order valence-corrected chi connectivity index (χ3v) is 5.97. The van der Waals surface area contributed by atoms with Gasteiger partial charge in [-0.05, 0) is 30.3 Å². The van der Waals surface area contributed by atoms with E-state index in [-0.39, 0.29) is 10.6 Å². The fourth-order valence-corrected chi connectivity index (χ4v) is 3.84. The fourth-order valence-electron chi connectivity index (χ4n) is 2.54. The van der Waals surface area contributed by atoms with Gasteiger partial charge in [0.2, 0.25) is 0 Å². The van der Waals surface area contributed by atoms with Crippen LogP contribution >= 0.6 is 69.6 Å². The maximum Gasteiger partial charge on any atom is 0.338 e. The number of halogens is 6. The lowest BCUT2D eigenvalue weighted by Crippen LogP contribution is -2.05. The number of hydrogen-bond acceptors (Lipinski definition) is 3. The number of esters is 1. The van der Waals surface area contributed by atoms with Gasteiger partial charge in [0.15, 0.2) is 0 Å². The van der Waals surface area contributed by atoms with Gasteiger partial charge in [-0.25, -0.2) is 4.79 Å². The Morgan fingerprint density at radius 1 is 0.714 bits per heavy atom. The maximum atomic E-state index is 12.4. The van der Waals surface area contributed by atoms with Crippen LogP contribution in [0.3, 0.4) is 0 Å². The molecule has 0 saturated carbocycles. The van der Waals surface area contributed by atoms with E-state index in [1.807, 2.05) is 0 Å². The maximum absolute atomic E-state index is 12.4. The second-order valence-corrected chi connectivity index (χ2v) is 8.04. The molecule has 0 saturated heterocycles. The van der Waals surface area contributed by atoms with Crippen LogP contribution in [0.2, 0.25) is 30.1 Å². The number of methoxy groups -OCH3 is 1. The highest BCUT2D eigenvalue weighted by molar-refractivity contribution is 6.44. The molecule has 0 aliphatic rings. The zero-order chi connectivity index (χ0) is 20.6. The quantitative estimate of drug-likeness (QED) is 0.272. The summed E-state index contributed by atoms with van der Waals surface area (Å²) in [5.41, 5.74) is 2.04. The Morgan fingerprint density at radius 3 is 1.79 bits per heavy atom. The SMILES string of the molecule is COC(=O)c1cc(-c2cc(Cl)c(Cl)cc2Cl)ncc1-c1cc(Cl)c(Cl)cc1Cl. The predicted octanol–water partition coefficient (Wildman–Crippen LogP) is 8.12. The molecule has 3 nitrogen and oxygen atoms in total. The van der Waals surface area contributed by atoms with E-state index in [1.54, 1.807) is 12.1 Å². The normalized spacial score (nSPS) is 10.8. The lowest BCUT2D eigenvalue weighted by Gasteiger charge is -2.13. The summed E-state index contributed by atoms with van der Waals surface area (Å²) in [4.78, 5) is 16.8. The third-order valence-electron chi connectivity index (χ3n) is 3.90. The summed E-state index contributed by atoms with van der Waals surface area (Å²) in [5, 5.41) is 1.83. The van der Waals surface area contributed by atoms with Crippen molar-refractivity contribution in [1.82, 2.24) is 4.98 Å². The molecule has 2 aromatic carbocycles. The standard InChI is InChI=1S/C19H9Cl6NO2/c1-28-19(27)9-4-18(10-3-15(23)17(25)6-13(10)21)26-7-11(9)8-2-14(22)16(24)5-12(8)20/h2-7H,1H3. The Kier molecular flexibility index (Phi) is 6.65. The Balaban J connectivity index is 2.24. The summed E-state index contributed by atoms with van der Waals surface area (Å²) in [6.07, 6.45) is 1.48. The second-order valence-electron chi connectivity index (χ2n) is 5.60. The van der Waals surface area contributed by atoms with Crippen LogP contribution in [0.1, 0.15) is 10.4 Å². The monoisotopic (exact) mass is 493 g/mol. The van der Waals surface area contributed by atoms with E-state index >= 15 is 0 Å². The molecule has 0 aliphatic carbocycles. The van der Waals surface area contributed by atoms with E-state index < -0.39 is 5.97 Å². The van der Waals surface area contributed by atoms with Crippen molar-refractivity contribution in [3.8, 4) is 22.4 Å². The van der Waals surface area contributed by atoms with Crippen molar-refractivity contribution in [2.24, 2.45) is 0 Å². The van der Waals surface area contributed by atoms with E-state index in [1.165, 1.54) is 31.5 Å². The van der Waals surface area contributed by atoms with Crippen molar-refractivity contribution in [1.29, 1.82) is 0 Å². The van der Waals surface area contributed by atoms with E-state index in [4.69, 9.17) is 74.3 Å². The molecule has 0 radical (unpaired) electrons. The van der Waals surface area contributed by atoms with Crippen LogP contribution in [0.4, 0.5) is 0 Å². The molecule has 0 atom stereocenters. The van der Waals surface area contributed by atoms with Gasteiger partial charge in [-0.1, -0.05) is 69.6 Å². The Morgan fingerprint density at radius 2 is 1.21 bits per heavy atom. The van der Waals surface area contributed by atoms with Gasteiger partial charge in [0.1, 0.15) is 0 Å². The highest BCUT2D eigenvalue weighted by Gasteiger charge is 2.20. The number of aromatic nitrogens is 1. The van der Waals surface area contributed by atoms with Crippen molar-refractivity contribution >= 4 is 75.6 Å². The van der Waals surface area contributed by atoms with Crippen molar-refractivity contribution in [2.45, 2.75) is 0 Å². The number of hydrogen-bond donors (Lipinski definition) is 0. The van der Waals surface area contributed by atoms with Crippen molar-refractivity contribution < 1.29 is 9.53 Å². The Hall–Kier alpha value is -1.20. The predicted molar refractivity (Wildman–Crippen MR) is 117 cm³/mol. The minimum atomic E-state index is -0.586. The summed E-state index contributed by atoms with van der Waals surface area (Å²) >= 11 is 36.7. The third kappa shape index (κ3) is 4.20. The van der Waals surface area contributed by atoms with Gasteiger partial charge in [-0.3, -0.25) is 4.98 Å². The van der Waals surface area contributed by atoms with Crippen LogP contribution in [0.25, 0.3) is 22.4 Å². The molecule has 3 rings (SSSR count). The molecule has 28 heavy (non-hydrogen) atoms. The van der Waals surface area contributed by atoms with Crippen LogP contribution in [0.15, 0.2) is 36.5 Å². The molecule has 0 aliphatic heterocycles. The minimum absolute atomic E-state index is 0.218. The first-order valence-corrected chi connectivity index (χ1v) is 9.88. The smallest absolute Gasteiger partial charge is 0.338 e. The summed E-state index contributed by atoms with van der Waals surface area (Å²) in [6.45, 7) is 0. The average Bonchev–Trinajstić information content (AvgIpc) is 2.66. The Bertz CT molecular complexity index is 1100. The lowest BCUT2D eigenvalue weighted by molar-refractivity contribution is 0.0601. The van der Waals surface area contributed by atoms with Gasteiger partial charge in [-0.15, -0.1) is 0 Å². The van der Waals surface area contributed by atoms with Gasteiger partial charge in [-0.2, -0.15) is 0 Å². The molecule has 3 aromatic rings. The summed E-state index contributed by atoms with van der Waals surface area (Å²) in [5.74, 6) is -0.586. The summed E-state index contributed by atoms with van der Waals surface area (Å²) < 4.78 is 4.91. The Labute approximate surface area is 191 Å². The number of ether oxygens (including phenoxy) is 1. The molecule has 0 unspecified atom stereocenters. The minimum Gasteiger partial charge on any atom is -0.465 e. The van der Waals surface area contributed by atoms with Gasteiger partial charge >= 0.3 is 5.97 Å². The molecule has 1 aromatic heterocycles. The van der Waals surface area contributed by atoms with E-state index in [2.05, 4.69) is 4.98 Å². The number of benzene rings is 2. The van der Waals surface area contributed by atoms with Gasteiger partial charge in [0.05, 0.1) is 48.5 Å². The first kappa shape index (κ1) is 21.5. The topological polar surface area (TPSA) is 39.2 Å². The summed E-state index contributed by atoms with van der Waals surface area (Å²) in [6, 6.07) is 7.66. The number of nitrogens with zero attached hydrogens (tertiary/aromatic N) is 1. The number of rotatable bonds is 3. The lowest BCUT2D eigenvalue weighted by atomic mass is 9.99. The molecular weight excluding hydrogens is 487 g/mol. The van der Waals surface area contributed by atoms with Gasteiger partial charge in [0.25, 0.3) is 0 Å². The molecule has 0 spiro atoms. The van der Waals surface area contributed by atoms with E-state index in [0.717, 1.165) is 0 Å². The average molecular weight is 496 g/mol. The van der Waals surface area contributed by atoms with Crippen LogP contribution in [-0.4, -0.2) is 18.1 Å². The zero-order valence-corrected chi connectivity index (χ0v) is 18.5. The molecule has 0 bridgehead atoms. The number of carbonyl (C=O) groups is 1. The first-order valence-electron chi connectivity index (χ1n) is 7.61. The van der Waals surface area contributed by atoms with Crippen molar-refractivity contribution in [2.75, 3.05) is 7.11 Å². The van der Waals surface area contributed by atoms with Gasteiger partial charge in [0, 0.05) is 22.9 Å². The summed E-state index contributed by atoms with van der Waals surface area (Å²) in [7, 11) is 1.27. The van der Waals surface area contributed by atoms with Crippen LogP contribution in [-0.2, 0) is 4.74 Å². The zero-order valence-electron chi connectivity index (χ0n) is 14.0. The van der Waals surface area contributed by atoms with Crippen LogP contribution < -0.4 is 0 Å². The van der Waals surface area contributed by atoms with Gasteiger partial charge < -0.3 is 4.74 Å². The first-order chi connectivity index (χ1) is 13.2. The van der Waals surface area contributed by atoms with E-state index in [0.29, 0.717) is 47.5 Å². The molecule has 9 heteroatoms. The molecule has 0 amide bonds. The molecule has 0 fully saturated rings. The largest absolute Gasteiger partial charge is 0.465 e. The van der Waals surface area contributed by atoms with Crippen molar-refractivity contribution in [3.05, 3.63) is 72.2 Å². The van der Waals surface area contributed by atoms with Crippen LogP contribution in [0, 0.1) is 0 Å². The second kappa shape index (κ2) is 8.66. The highest BCUT2D eigenvalue weighted by Crippen LogP contribution is 2.39. The van der Waals surface area contributed by atoms with Crippen molar-refractivity contribution in [3.63, 3.8) is 0 Å². The van der Waals surface area contributed by atoms with Crippen LogP contribution in [0.5, 0.6) is 0 Å². The molecule has 144 valence electrons. The van der Waals surface area contributed by atoms with E-state index in [9.17, 15) is 4.79 Å². The number of carbonyl (C=O) groups excluding carboxylic acids is 1. The molecule has 1 heterocycles. The molecular formula is C19H9Cl6NO2. The number of pyridine rings is 1. The molecule has 0 N–H and O–H groups in total.